The van der Waals surface area contributed by atoms with E-state index in [4.69, 9.17) is 5.73 Å². The second-order valence-electron chi connectivity index (χ2n) is 5.57. The molecule has 106 valence electrons. The first-order valence-electron chi connectivity index (χ1n) is 6.58. The van der Waals surface area contributed by atoms with E-state index in [2.05, 4.69) is 6.07 Å². The molecule has 1 saturated carbocycles. The highest BCUT2D eigenvalue weighted by molar-refractivity contribution is 6.00. The number of likely N-dealkylation sites (N-methyl/N-ethyl adjacent to an activating group) is 1. The first-order valence-corrected chi connectivity index (χ1v) is 6.58. The van der Waals surface area contributed by atoms with Gasteiger partial charge in [0.05, 0.1) is 5.54 Å². The molecular weight excluding hydrogens is 260 g/mol. The second-order valence-corrected chi connectivity index (χ2v) is 5.57. The third kappa shape index (κ3) is 3.28. The molecule has 2 rings (SSSR count). The molecule has 3 nitrogen and oxygen atoms in total. The number of aryl methyl sites for hydroxylation is 2. The Morgan fingerprint density at radius 3 is 2.11 bits per heavy atom. The summed E-state index contributed by atoms with van der Waals surface area (Å²) in [7, 11) is 1.82. The van der Waals surface area contributed by atoms with Crippen molar-refractivity contribution >= 4 is 24.0 Å². The lowest BCUT2D eigenvalue weighted by Crippen LogP contribution is -2.52. The zero-order chi connectivity index (χ0) is 13.3. The van der Waals surface area contributed by atoms with E-state index in [0.29, 0.717) is 0 Å². The third-order valence-corrected chi connectivity index (χ3v) is 3.82. The standard InChI is InChI=1S/C15H22N2O.ClH/c1-11-8-12(2)10-13(9-11)17(3)14(18)15(16)6-4-5-7-15;/h8-10H,4-7,16H2,1-3H3;1H. The predicted molar refractivity (Wildman–Crippen MR) is 82.0 cm³/mol. The molecule has 1 fully saturated rings. The van der Waals surface area contributed by atoms with Crippen molar-refractivity contribution in [1.29, 1.82) is 0 Å². The molecule has 1 aromatic rings. The molecule has 0 bridgehead atoms. The summed E-state index contributed by atoms with van der Waals surface area (Å²) in [6.45, 7) is 4.09. The van der Waals surface area contributed by atoms with Crippen LogP contribution in [0.15, 0.2) is 18.2 Å². The summed E-state index contributed by atoms with van der Waals surface area (Å²) in [5.41, 5.74) is 8.86. The number of anilines is 1. The SMILES string of the molecule is Cc1cc(C)cc(N(C)C(=O)C2(N)CCCC2)c1.Cl. The molecular formula is C15H23ClN2O. The van der Waals surface area contributed by atoms with Gasteiger partial charge in [0.15, 0.2) is 0 Å². The van der Waals surface area contributed by atoms with Crippen molar-refractivity contribution in [3.8, 4) is 0 Å². The van der Waals surface area contributed by atoms with E-state index in [9.17, 15) is 4.79 Å². The number of hydrogen-bond acceptors (Lipinski definition) is 2. The Balaban J connectivity index is 0.00000180. The van der Waals surface area contributed by atoms with Crippen molar-refractivity contribution in [2.45, 2.75) is 45.1 Å². The fraction of sp³-hybridized carbons (Fsp3) is 0.533. The Labute approximate surface area is 121 Å². The van der Waals surface area contributed by atoms with Crippen LogP contribution in [0, 0.1) is 13.8 Å². The van der Waals surface area contributed by atoms with Crippen molar-refractivity contribution in [2.24, 2.45) is 5.73 Å². The maximum absolute atomic E-state index is 12.5. The van der Waals surface area contributed by atoms with E-state index < -0.39 is 5.54 Å². The third-order valence-electron chi connectivity index (χ3n) is 3.82. The Morgan fingerprint density at radius 1 is 1.16 bits per heavy atom. The number of hydrogen-bond donors (Lipinski definition) is 1. The summed E-state index contributed by atoms with van der Waals surface area (Å²) in [5, 5.41) is 0. The van der Waals surface area contributed by atoms with E-state index in [0.717, 1.165) is 31.4 Å². The average molecular weight is 283 g/mol. The molecule has 1 aromatic carbocycles. The lowest BCUT2D eigenvalue weighted by Gasteiger charge is -2.29. The van der Waals surface area contributed by atoms with E-state index in [1.807, 2.05) is 33.0 Å². The van der Waals surface area contributed by atoms with E-state index in [-0.39, 0.29) is 18.3 Å². The monoisotopic (exact) mass is 282 g/mol. The van der Waals surface area contributed by atoms with Gasteiger partial charge in [0.1, 0.15) is 0 Å². The van der Waals surface area contributed by atoms with Crippen LogP contribution >= 0.6 is 12.4 Å². The number of nitrogens with zero attached hydrogens (tertiary/aromatic N) is 1. The molecule has 2 N–H and O–H groups in total. The van der Waals surface area contributed by atoms with Crippen LogP contribution in [0.3, 0.4) is 0 Å². The van der Waals surface area contributed by atoms with Gasteiger partial charge in [-0.15, -0.1) is 12.4 Å². The quantitative estimate of drug-likeness (QED) is 0.906. The predicted octanol–water partition coefficient (Wildman–Crippen LogP) is 2.96. The van der Waals surface area contributed by atoms with Gasteiger partial charge < -0.3 is 10.6 Å². The number of nitrogens with two attached hydrogens (primary N) is 1. The van der Waals surface area contributed by atoms with Crippen LogP contribution in [-0.4, -0.2) is 18.5 Å². The van der Waals surface area contributed by atoms with Gasteiger partial charge >= 0.3 is 0 Å². The highest BCUT2D eigenvalue weighted by Gasteiger charge is 2.39. The number of amides is 1. The molecule has 0 radical (unpaired) electrons. The maximum Gasteiger partial charge on any atom is 0.246 e. The summed E-state index contributed by atoms with van der Waals surface area (Å²) in [5.74, 6) is 0.0463. The lowest BCUT2D eigenvalue weighted by atomic mass is 9.97. The van der Waals surface area contributed by atoms with Gasteiger partial charge in [-0.3, -0.25) is 4.79 Å². The van der Waals surface area contributed by atoms with Crippen LogP contribution in [-0.2, 0) is 4.79 Å². The van der Waals surface area contributed by atoms with E-state index in [1.165, 1.54) is 11.1 Å². The molecule has 0 unspecified atom stereocenters. The summed E-state index contributed by atoms with van der Waals surface area (Å²) < 4.78 is 0. The Hall–Kier alpha value is -1.06. The van der Waals surface area contributed by atoms with E-state index >= 15 is 0 Å². The van der Waals surface area contributed by atoms with Crippen molar-refractivity contribution < 1.29 is 4.79 Å². The number of halogens is 1. The smallest absolute Gasteiger partial charge is 0.246 e. The molecule has 0 atom stereocenters. The van der Waals surface area contributed by atoms with Crippen LogP contribution in [0.1, 0.15) is 36.8 Å². The Bertz CT molecular complexity index is 447. The van der Waals surface area contributed by atoms with Gasteiger partial charge in [-0.05, 0) is 49.9 Å². The van der Waals surface area contributed by atoms with Crippen LogP contribution in [0.4, 0.5) is 5.69 Å². The molecule has 19 heavy (non-hydrogen) atoms. The zero-order valence-corrected chi connectivity index (χ0v) is 12.7. The molecule has 0 aromatic heterocycles. The topological polar surface area (TPSA) is 46.3 Å². The van der Waals surface area contributed by atoms with E-state index in [1.54, 1.807) is 4.90 Å². The normalized spacial score (nSPS) is 16.8. The van der Waals surface area contributed by atoms with Gasteiger partial charge in [-0.1, -0.05) is 18.9 Å². The van der Waals surface area contributed by atoms with Gasteiger partial charge in [0, 0.05) is 12.7 Å². The molecule has 0 spiro atoms. The van der Waals surface area contributed by atoms with Gasteiger partial charge in [0.2, 0.25) is 5.91 Å². The lowest BCUT2D eigenvalue weighted by molar-refractivity contribution is -0.123. The average Bonchev–Trinajstić information content (AvgIpc) is 2.74. The summed E-state index contributed by atoms with van der Waals surface area (Å²) in [6.07, 6.45) is 3.73. The highest BCUT2D eigenvalue weighted by atomic mass is 35.5. The molecule has 4 heteroatoms. The van der Waals surface area contributed by atoms with Crippen LogP contribution < -0.4 is 10.6 Å². The van der Waals surface area contributed by atoms with Crippen LogP contribution in [0.25, 0.3) is 0 Å². The second kappa shape index (κ2) is 5.93. The van der Waals surface area contributed by atoms with Crippen molar-refractivity contribution in [2.75, 3.05) is 11.9 Å². The molecule has 0 aliphatic heterocycles. The van der Waals surface area contributed by atoms with Crippen molar-refractivity contribution in [3.05, 3.63) is 29.3 Å². The number of carbonyl (C=O) groups excluding carboxylic acids is 1. The van der Waals surface area contributed by atoms with Crippen LogP contribution in [0.2, 0.25) is 0 Å². The Morgan fingerprint density at radius 2 is 1.63 bits per heavy atom. The fourth-order valence-electron chi connectivity index (χ4n) is 2.82. The van der Waals surface area contributed by atoms with Crippen molar-refractivity contribution in [3.63, 3.8) is 0 Å². The first kappa shape index (κ1) is 16.0. The fourth-order valence-corrected chi connectivity index (χ4v) is 2.82. The zero-order valence-electron chi connectivity index (χ0n) is 11.9. The van der Waals surface area contributed by atoms with Crippen molar-refractivity contribution in [1.82, 2.24) is 0 Å². The molecule has 0 saturated heterocycles. The minimum atomic E-state index is -0.646. The molecule has 1 aliphatic carbocycles. The van der Waals surface area contributed by atoms with Gasteiger partial charge in [-0.25, -0.2) is 0 Å². The maximum atomic E-state index is 12.5. The minimum Gasteiger partial charge on any atom is -0.317 e. The molecule has 0 heterocycles. The summed E-state index contributed by atoms with van der Waals surface area (Å²) in [6, 6.07) is 6.17. The molecule has 1 aliphatic rings. The largest absolute Gasteiger partial charge is 0.317 e. The minimum absolute atomic E-state index is 0. The summed E-state index contributed by atoms with van der Waals surface area (Å²) in [4.78, 5) is 14.2. The number of rotatable bonds is 2. The number of carbonyl (C=O) groups is 1. The van der Waals surface area contributed by atoms with Gasteiger partial charge in [0.25, 0.3) is 0 Å². The highest BCUT2D eigenvalue weighted by Crippen LogP contribution is 2.30. The molecule has 1 amide bonds. The Kier molecular flexibility index (Phi) is 4.99. The number of benzene rings is 1. The van der Waals surface area contributed by atoms with Crippen LogP contribution in [0.5, 0.6) is 0 Å². The summed E-state index contributed by atoms with van der Waals surface area (Å²) >= 11 is 0. The first-order chi connectivity index (χ1) is 8.42. The van der Waals surface area contributed by atoms with Gasteiger partial charge in [-0.2, -0.15) is 0 Å².